The van der Waals surface area contributed by atoms with Crippen molar-refractivity contribution in [2.45, 2.75) is 6.54 Å². The molecular formula is C18H16ClN5O3. The number of amides is 1. The predicted molar refractivity (Wildman–Crippen MR) is 99.7 cm³/mol. The highest BCUT2D eigenvalue weighted by Gasteiger charge is 2.15. The summed E-state index contributed by atoms with van der Waals surface area (Å²) in [6.45, 7) is 0.0408. The Morgan fingerprint density at radius 3 is 2.78 bits per heavy atom. The molecule has 1 N–H and O–H groups in total. The predicted octanol–water partition coefficient (Wildman–Crippen LogP) is 1.83. The lowest BCUT2D eigenvalue weighted by Gasteiger charge is -2.12. The number of rotatable bonds is 5. The van der Waals surface area contributed by atoms with Crippen LogP contribution < -0.4 is 15.6 Å². The summed E-state index contributed by atoms with van der Waals surface area (Å²) in [4.78, 5) is 37.1. The first-order valence-electron chi connectivity index (χ1n) is 7.94. The molecule has 0 unspecified atom stereocenters. The Morgan fingerprint density at radius 2 is 2.07 bits per heavy atom. The summed E-state index contributed by atoms with van der Waals surface area (Å²) in [5.74, 6) is 0.384. The van der Waals surface area contributed by atoms with Crippen molar-refractivity contribution in [2.24, 2.45) is 7.05 Å². The average Bonchev–Trinajstić information content (AvgIpc) is 2.69. The van der Waals surface area contributed by atoms with Crippen LogP contribution in [-0.4, -0.2) is 32.5 Å². The Kier molecular flexibility index (Phi) is 5.46. The number of methoxy groups -OCH3 is 1. The van der Waals surface area contributed by atoms with Crippen LogP contribution in [0.4, 0.5) is 0 Å². The van der Waals surface area contributed by atoms with Gasteiger partial charge in [0.05, 0.1) is 30.6 Å². The number of benzene rings is 1. The molecule has 2 heterocycles. The highest BCUT2D eigenvalue weighted by atomic mass is 35.5. The zero-order chi connectivity index (χ0) is 19.4. The maximum absolute atomic E-state index is 12.5. The van der Waals surface area contributed by atoms with Gasteiger partial charge in [0.1, 0.15) is 17.9 Å². The molecule has 1 amide bonds. The van der Waals surface area contributed by atoms with Crippen molar-refractivity contribution in [2.75, 3.05) is 7.11 Å². The van der Waals surface area contributed by atoms with E-state index in [1.807, 2.05) is 0 Å². The molecule has 0 radical (unpaired) electrons. The first-order valence-corrected chi connectivity index (χ1v) is 8.32. The van der Waals surface area contributed by atoms with Crippen LogP contribution in [0, 0.1) is 0 Å². The van der Waals surface area contributed by atoms with Crippen molar-refractivity contribution in [1.29, 1.82) is 0 Å². The van der Waals surface area contributed by atoms with Gasteiger partial charge in [0, 0.05) is 24.3 Å². The topological polar surface area (TPSA) is 99.0 Å². The molecule has 0 spiro atoms. The largest absolute Gasteiger partial charge is 0.496 e. The van der Waals surface area contributed by atoms with Crippen LogP contribution in [0.3, 0.4) is 0 Å². The monoisotopic (exact) mass is 385 g/mol. The highest BCUT2D eigenvalue weighted by Crippen LogP contribution is 2.22. The van der Waals surface area contributed by atoms with E-state index in [-0.39, 0.29) is 12.1 Å². The third-order valence-electron chi connectivity index (χ3n) is 3.89. The van der Waals surface area contributed by atoms with Crippen LogP contribution in [0.1, 0.15) is 16.2 Å². The third-order valence-corrected chi connectivity index (χ3v) is 4.12. The maximum atomic E-state index is 12.5. The number of nitrogens with one attached hydrogen (secondary N) is 1. The average molecular weight is 386 g/mol. The molecule has 0 aliphatic rings. The summed E-state index contributed by atoms with van der Waals surface area (Å²) < 4.78 is 6.55. The summed E-state index contributed by atoms with van der Waals surface area (Å²) in [6, 6.07) is 7.79. The first-order chi connectivity index (χ1) is 13.0. The number of halogens is 1. The van der Waals surface area contributed by atoms with E-state index in [1.165, 1.54) is 30.1 Å². The summed E-state index contributed by atoms with van der Waals surface area (Å²) in [5.41, 5.74) is 0.960. The minimum atomic E-state index is -0.393. The van der Waals surface area contributed by atoms with Crippen molar-refractivity contribution in [3.63, 3.8) is 0 Å². The fourth-order valence-electron chi connectivity index (χ4n) is 2.43. The molecule has 0 aliphatic heterocycles. The minimum absolute atomic E-state index is 0.0408. The van der Waals surface area contributed by atoms with Crippen LogP contribution in [0.25, 0.3) is 11.4 Å². The normalized spacial score (nSPS) is 10.5. The number of aromatic nitrogens is 4. The summed E-state index contributed by atoms with van der Waals surface area (Å²) in [6.07, 6.45) is 2.94. The van der Waals surface area contributed by atoms with E-state index in [2.05, 4.69) is 20.3 Å². The molecule has 0 fully saturated rings. The smallest absolute Gasteiger partial charge is 0.255 e. The van der Waals surface area contributed by atoms with Crippen molar-refractivity contribution < 1.29 is 9.53 Å². The van der Waals surface area contributed by atoms with Gasteiger partial charge in [0.15, 0.2) is 0 Å². The molecule has 138 valence electrons. The molecule has 0 atom stereocenters. The quantitative estimate of drug-likeness (QED) is 0.719. The van der Waals surface area contributed by atoms with Gasteiger partial charge in [0.2, 0.25) is 0 Å². The lowest BCUT2D eigenvalue weighted by Crippen LogP contribution is -2.29. The zero-order valence-corrected chi connectivity index (χ0v) is 15.4. The van der Waals surface area contributed by atoms with Gasteiger partial charge in [0.25, 0.3) is 11.5 Å². The number of nitrogens with zero attached hydrogens (tertiary/aromatic N) is 4. The standard InChI is InChI=1S/C18H16ClN5O3/c1-24-16(23-14(8-17(24)25)13-5-6-20-10-22-13)9-21-18(26)12-7-11(19)3-4-15(12)27-2/h3-8,10H,9H2,1-2H3,(H,21,26). The van der Waals surface area contributed by atoms with Gasteiger partial charge < -0.3 is 10.1 Å². The van der Waals surface area contributed by atoms with Gasteiger partial charge in [-0.25, -0.2) is 15.0 Å². The van der Waals surface area contributed by atoms with E-state index in [9.17, 15) is 9.59 Å². The van der Waals surface area contributed by atoms with Gasteiger partial charge in [-0.2, -0.15) is 0 Å². The number of hydrogen-bond acceptors (Lipinski definition) is 6. The van der Waals surface area contributed by atoms with E-state index in [1.54, 1.807) is 31.4 Å². The minimum Gasteiger partial charge on any atom is -0.496 e. The Balaban J connectivity index is 1.86. The van der Waals surface area contributed by atoms with E-state index >= 15 is 0 Å². The lowest BCUT2D eigenvalue weighted by molar-refractivity contribution is 0.0946. The second-order valence-electron chi connectivity index (χ2n) is 5.58. The number of carbonyl (C=O) groups is 1. The zero-order valence-electron chi connectivity index (χ0n) is 14.6. The Hall–Kier alpha value is -3.26. The van der Waals surface area contributed by atoms with Gasteiger partial charge >= 0.3 is 0 Å². The van der Waals surface area contributed by atoms with Gasteiger partial charge in [-0.15, -0.1) is 0 Å². The Morgan fingerprint density at radius 1 is 1.26 bits per heavy atom. The molecule has 0 aliphatic carbocycles. The summed E-state index contributed by atoms with van der Waals surface area (Å²) in [7, 11) is 3.05. The van der Waals surface area contributed by atoms with Gasteiger partial charge in [-0.05, 0) is 24.3 Å². The molecule has 9 heteroatoms. The Bertz CT molecular complexity index is 1040. The van der Waals surface area contributed by atoms with E-state index in [0.29, 0.717) is 33.5 Å². The molecule has 3 aromatic rings. The van der Waals surface area contributed by atoms with Gasteiger partial charge in [-0.1, -0.05) is 11.6 Å². The first kappa shape index (κ1) is 18.5. The molecule has 3 rings (SSSR count). The number of hydrogen-bond donors (Lipinski definition) is 1. The van der Waals surface area contributed by atoms with Crippen molar-refractivity contribution >= 4 is 17.5 Å². The maximum Gasteiger partial charge on any atom is 0.255 e. The molecule has 0 saturated carbocycles. The number of carbonyl (C=O) groups excluding carboxylic acids is 1. The van der Waals surface area contributed by atoms with E-state index in [0.717, 1.165) is 0 Å². The number of ether oxygens (including phenoxy) is 1. The van der Waals surface area contributed by atoms with Crippen LogP contribution in [0.5, 0.6) is 5.75 Å². The molecule has 0 saturated heterocycles. The van der Waals surface area contributed by atoms with Crippen molar-refractivity contribution in [3.05, 3.63) is 69.6 Å². The summed E-state index contributed by atoms with van der Waals surface area (Å²) >= 11 is 5.96. The molecular weight excluding hydrogens is 370 g/mol. The van der Waals surface area contributed by atoms with Crippen molar-refractivity contribution in [1.82, 2.24) is 24.8 Å². The highest BCUT2D eigenvalue weighted by molar-refractivity contribution is 6.31. The fraction of sp³-hybridized carbons (Fsp3) is 0.167. The van der Waals surface area contributed by atoms with E-state index in [4.69, 9.17) is 16.3 Å². The van der Waals surface area contributed by atoms with Crippen LogP contribution >= 0.6 is 11.6 Å². The van der Waals surface area contributed by atoms with Gasteiger partial charge in [-0.3, -0.25) is 14.2 Å². The van der Waals surface area contributed by atoms with Crippen LogP contribution in [0.15, 0.2) is 47.7 Å². The summed E-state index contributed by atoms with van der Waals surface area (Å²) in [5, 5.41) is 3.15. The molecule has 8 nitrogen and oxygen atoms in total. The lowest BCUT2D eigenvalue weighted by atomic mass is 10.2. The van der Waals surface area contributed by atoms with Crippen molar-refractivity contribution in [3.8, 4) is 17.1 Å². The molecule has 0 bridgehead atoms. The molecule has 1 aromatic carbocycles. The van der Waals surface area contributed by atoms with Crippen LogP contribution in [0.2, 0.25) is 5.02 Å². The molecule has 27 heavy (non-hydrogen) atoms. The third kappa shape index (κ3) is 4.12. The fourth-order valence-corrected chi connectivity index (χ4v) is 2.60. The van der Waals surface area contributed by atoms with Crippen LogP contribution in [-0.2, 0) is 13.6 Å². The second-order valence-corrected chi connectivity index (χ2v) is 6.01. The van der Waals surface area contributed by atoms with E-state index < -0.39 is 5.91 Å². The SMILES string of the molecule is COc1ccc(Cl)cc1C(=O)NCc1nc(-c2ccncn2)cc(=O)n1C. The second kappa shape index (κ2) is 7.96. The Labute approximate surface area is 159 Å². The molecule has 2 aromatic heterocycles.